The van der Waals surface area contributed by atoms with Crippen LogP contribution >= 0.6 is 0 Å². The van der Waals surface area contributed by atoms with Crippen LogP contribution in [0.15, 0.2) is 6.20 Å². The highest BCUT2D eigenvalue weighted by atomic mass is 16.2. The van der Waals surface area contributed by atoms with Crippen LogP contribution in [0.2, 0.25) is 0 Å². The summed E-state index contributed by atoms with van der Waals surface area (Å²) >= 11 is 0. The lowest BCUT2D eigenvalue weighted by Crippen LogP contribution is -2.54. The number of rotatable bonds is 5. The van der Waals surface area contributed by atoms with Crippen molar-refractivity contribution in [1.29, 1.82) is 0 Å². The van der Waals surface area contributed by atoms with Gasteiger partial charge in [-0.2, -0.15) is 0 Å². The number of nitrogens with two attached hydrogens (primary N) is 1. The summed E-state index contributed by atoms with van der Waals surface area (Å²) in [6.45, 7) is 7.52. The van der Waals surface area contributed by atoms with Gasteiger partial charge in [0.2, 0.25) is 5.91 Å². The Morgan fingerprint density at radius 1 is 1.33 bits per heavy atom. The van der Waals surface area contributed by atoms with Gasteiger partial charge in [0.15, 0.2) is 0 Å². The smallest absolute Gasteiger partial charge is 0.330 e. The predicted molar refractivity (Wildman–Crippen MR) is 98.9 cm³/mol. The minimum absolute atomic E-state index is 0.0298. The lowest BCUT2D eigenvalue weighted by molar-refractivity contribution is -0.135. The van der Waals surface area contributed by atoms with Crippen LogP contribution in [0.3, 0.4) is 0 Å². The Morgan fingerprint density at radius 3 is 2.56 bits per heavy atom. The molecule has 27 heavy (non-hydrogen) atoms. The fourth-order valence-corrected chi connectivity index (χ4v) is 4.00. The molecule has 1 fully saturated rings. The topological polar surface area (TPSA) is 114 Å². The summed E-state index contributed by atoms with van der Waals surface area (Å²) in [5, 5.41) is 2.57. The molecule has 2 aliphatic rings. The maximum atomic E-state index is 12.8. The fourth-order valence-electron chi connectivity index (χ4n) is 4.00. The maximum Gasteiger partial charge on any atom is 0.330 e. The summed E-state index contributed by atoms with van der Waals surface area (Å²) < 4.78 is 1.66. The van der Waals surface area contributed by atoms with Crippen LogP contribution in [0.25, 0.3) is 0 Å². The Morgan fingerprint density at radius 2 is 2.00 bits per heavy atom. The Balaban J connectivity index is 1.59. The van der Waals surface area contributed by atoms with Crippen LogP contribution < -0.4 is 11.1 Å². The Kier molecular flexibility index (Phi) is 5.38. The lowest BCUT2D eigenvalue weighted by Gasteiger charge is -2.37. The highest BCUT2D eigenvalue weighted by molar-refractivity contribution is 5.86. The minimum atomic E-state index is -0.683. The molecule has 2 aliphatic heterocycles. The van der Waals surface area contributed by atoms with Crippen LogP contribution in [0.5, 0.6) is 0 Å². The monoisotopic (exact) mass is 376 g/mol. The predicted octanol–water partition coefficient (Wildman–Crippen LogP) is 1.05. The first kappa shape index (κ1) is 19.2. The zero-order chi connectivity index (χ0) is 19.7. The second-order valence-corrected chi connectivity index (χ2v) is 7.79. The number of hydrogen-bond acceptors (Lipinski definition) is 4. The summed E-state index contributed by atoms with van der Waals surface area (Å²) in [5.41, 5.74) is 6.14. The molecule has 9 heteroatoms. The molecule has 1 atom stereocenters. The van der Waals surface area contributed by atoms with Gasteiger partial charge in [0.25, 0.3) is 0 Å². The van der Waals surface area contributed by atoms with Crippen molar-refractivity contribution in [3.8, 4) is 0 Å². The van der Waals surface area contributed by atoms with Gasteiger partial charge in [-0.1, -0.05) is 13.8 Å². The third-order valence-electron chi connectivity index (χ3n) is 5.32. The first-order chi connectivity index (χ1) is 12.8. The first-order valence-corrected chi connectivity index (χ1v) is 9.47. The van der Waals surface area contributed by atoms with Crippen molar-refractivity contribution in [2.75, 3.05) is 13.1 Å². The van der Waals surface area contributed by atoms with E-state index in [-0.39, 0.29) is 23.9 Å². The molecule has 1 aromatic heterocycles. The standard InChI is InChI=1S/C18H28N6O3/c1-11(2)8-15(21-17(19)26)16(25)22-6-4-13(5-7-22)23-10-14-9-20-12(3)24(14)18(23)27/h9,11,13,15H,4-8,10H2,1-3H3,(H3,19,21,26)/t15-/m1/s1. The van der Waals surface area contributed by atoms with E-state index in [0.717, 1.165) is 18.5 Å². The number of carbonyl (C=O) groups excluding carboxylic acids is 3. The number of fused-ring (bicyclic) bond motifs is 1. The molecular formula is C18H28N6O3. The molecule has 0 radical (unpaired) electrons. The summed E-state index contributed by atoms with van der Waals surface area (Å²) in [7, 11) is 0. The Labute approximate surface area is 158 Å². The summed E-state index contributed by atoms with van der Waals surface area (Å²) in [4.78, 5) is 44.5. The highest BCUT2D eigenvalue weighted by Crippen LogP contribution is 2.26. The van der Waals surface area contributed by atoms with Crippen molar-refractivity contribution in [2.45, 2.75) is 58.7 Å². The van der Waals surface area contributed by atoms with Gasteiger partial charge >= 0.3 is 12.1 Å². The summed E-state index contributed by atoms with van der Waals surface area (Å²) in [6.07, 6.45) is 3.74. The molecule has 4 amide bonds. The third-order valence-corrected chi connectivity index (χ3v) is 5.32. The van der Waals surface area contributed by atoms with Crippen LogP contribution in [-0.4, -0.2) is 62.5 Å². The van der Waals surface area contributed by atoms with Crippen molar-refractivity contribution in [1.82, 2.24) is 24.7 Å². The largest absolute Gasteiger partial charge is 0.352 e. The number of likely N-dealkylation sites (tertiary alicyclic amines) is 1. The number of hydrogen-bond donors (Lipinski definition) is 2. The van der Waals surface area contributed by atoms with Gasteiger partial charge in [0.05, 0.1) is 18.4 Å². The molecule has 1 aromatic rings. The van der Waals surface area contributed by atoms with Gasteiger partial charge in [0, 0.05) is 19.1 Å². The molecule has 3 heterocycles. The first-order valence-electron chi connectivity index (χ1n) is 9.47. The molecule has 3 N–H and O–H groups in total. The number of amides is 4. The van der Waals surface area contributed by atoms with E-state index in [9.17, 15) is 14.4 Å². The number of imidazole rings is 1. The number of primary amides is 1. The normalized spacial score (nSPS) is 18.7. The van der Waals surface area contributed by atoms with Crippen LogP contribution in [0, 0.1) is 12.8 Å². The second-order valence-electron chi connectivity index (χ2n) is 7.79. The van der Waals surface area contributed by atoms with E-state index < -0.39 is 12.1 Å². The van der Waals surface area contributed by atoms with Crippen molar-refractivity contribution in [3.05, 3.63) is 17.7 Å². The second kappa shape index (κ2) is 7.58. The summed E-state index contributed by atoms with van der Waals surface area (Å²) in [5.74, 6) is 0.872. The van der Waals surface area contributed by atoms with E-state index in [2.05, 4.69) is 10.3 Å². The van der Waals surface area contributed by atoms with E-state index in [4.69, 9.17) is 5.73 Å². The fraction of sp³-hybridized carbons (Fsp3) is 0.667. The number of urea groups is 1. The van der Waals surface area contributed by atoms with Crippen LogP contribution in [0.4, 0.5) is 9.59 Å². The average molecular weight is 376 g/mol. The lowest BCUT2D eigenvalue weighted by atomic mass is 9.99. The maximum absolute atomic E-state index is 12.8. The van der Waals surface area contributed by atoms with Crippen molar-refractivity contribution in [2.24, 2.45) is 11.7 Å². The van der Waals surface area contributed by atoms with Gasteiger partial charge < -0.3 is 20.9 Å². The van der Waals surface area contributed by atoms with Gasteiger partial charge in [-0.05, 0) is 32.1 Å². The third kappa shape index (κ3) is 3.91. The van der Waals surface area contributed by atoms with E-state index in [1.165, 1.54) is 0 Å². The average Bonchev–Trinajstić information content (AvgIpc) is 3.13. The number of aromatic nitrogens is 2. The quantitative estimate of drug-likeness (QED) is 0.799. The molecule has 0 aromatic carbocycles. The van der Waals surface area contributed by atoms with Crippen molar-refractivity contribution >= 4 is 18.0 Å². The minimum Gasteiger partial charge on any atom is -0.352 e. The number of piperidine rings is 1. The molecule has 1 saturated heterocycles. The molecule has 3 rings (SSSR count). The Bertz CT molecular complexity index is 735. The zero-order valence-electron chi connectivity index (χ0n) is 16.1. The van der Waals surface area contributed by atoms with Crippen molar-refractivity contribution < 1.29 is 14.4 Å². The molecule has 148 valence electrons. The molecule has 0 spiro atoms. The molecular weight excluding hydrogens is 348 g/mol. The van der Waals surface area contributed by atoms with E-state index >= 15 is 0 Å². The van der Waals surface area contributed by atoms with E-state index in [1.807, 2.05) is 25.7 Å². The molecule has 0 unspecified atom stereocenters. The van der Waals surface area contributed by atoms with Crippen molar-refractivity contribution in [3.63, 3.8) is 0 Å². The number of carbonyl (C=O) groups is 3. The zero-order valence-corrected chi connectivity index (χ0v) is 16.1. The van der Waals surface area contributed by atoms with E-state index in [1.54, 1.807) is 15.7 Å². The van der Waals surface area contributed by atoms with Gasteiger partial charge in [-0.3, -0.25) is 9.36 Å². The number of aryl methyl sites for hydroxylation is 1. The molecule has 0 bridgehead atoms. The van der Waals surface area contributed by atoms with Gasteiger partial charge in [-0.15, -0.1) is 0 Å². The van der Waals surface area contributed by atoms with Crippen LogP contribution in [0.1, 0.15) is 44.6 Å². The molecule has 9 nitrogen and oxygen atoms in total. The number of nitrogens with one attached hydrogen (secondary N) is 1. The molecule has 0 aliphatic carbocycles. The van der Waals surface area contributed by atoms with Gasteiger partial charge in [0.1, 0.15) is 11.9 Å². The number of nitrogens with zero attached hydrogens (tertiary/aromatic N) is 4. The van der Waals surface area contributed by atoms with Gasteiger partial charge in [-0.25, -0.2) is 14.6 Å². The molecule has 0 saturated carbocycles. The van der Waals surface area contributed by atoms with Crippen LogP contribution in [-0.2, 0) is 11.3 Å². The summed E-state index contributed by atoms with van der Waals surface area (Å²) in [6, 6.07) is -1.20. The van der Waals surface area contributed by atoms with E-state index in [0.29, 0.717) is 31.9 Å². The Hall–Kier alpha value is -2.58. The highest BCUT2D eigenvalue weighted by Gasteiger charge is 2.37. The SMILES string of the molecule is Cc1ncc2n1C(=O)N(C1CCN(C(=O)[C@@H](CC(C)C)NC(N)=O)CC1)C2.